The molecule has 1 unspecified atom stereocenters. The molecule has 2 aliphatic heterocycles. The maximum Gasteiger partial charge on any atom is 0.220 e. The molecule has 6 heteroatoms. The van der Waals surface area contributed by atoms with Gasteiger partial charge in [-0.15, -0.1) is 0 Å². The molecule has 1 saturated heterocycles. The smallest absolute Gasteiger partial charge is 0.220 e. The van der Waals surface area contributed by atoms with Crippen LogP contribution in [0.5, 0.6) is 5.75 Å². The number of nitrogens with zero attached hydrogens (tertiary/aromatic N) is 1. The quantitative estimate of drug-likeness (QED) is 0.197. The number of ether oxygens (including phenoxy) is 3. The van der Waals surface area contributed by atoms with E-state index in [2.05, 4.69) is 96.2 Å². The predicted molar refractivity (Wildman–Crippen MR) is 179 cm³/mol. The number of benzene rings is 4. The molecule has 2 aliphatic rings. The summed E-state index contributed by atoms with van der Waals surface area (Å²) in [5.41, 5.74) is 6.43. The van der Waals surface area contributed by atoms with Gasteiger partial charge in [-0.2, -0.15) is 0 Å². The highest BCUT2D eigenvalue weighted by molar-refractivity contribution is 9.10. The number of aliphatic hydroxyl groups is 1. The van der Waals surface area contributed by atoms with Gasteiger partial charge in [0.25, 0.3) is 0 Å². The second kappa shape index (κ2) is 13.5. The molecule has 0 spiro atoms. The summed E-state index contributed by atoms with van der Waals surface area (Å²) in [6.07, 6.45) is 0.909. The van der Waals surface area contributed by atoms with Crippen molar-refractivity contribution in [1.29, 1.82) is 0 Å². The van der Waals surface area contributed by atoms with Crippen LogP contribution in [-0.2, 0) is 34.8 Å². The average molecular weight is 657 g/mol. The average Bonchev–Trinajstić information content (AvgIpc) is 3.05. The van der Waals surface area contributed by atoms with Crippen LogP contribution in [-0.4, -0.2) is 30.5 Å². The van der Waals surface area contributed by atoms with Crippen LogP contribution in [0, 0.1) is 11.8 Å². The first-order valence-electron chi connectivity index (χ1n) is 15.7. The number of hydrogen-bond acceptors (Lipinski definition) is 5. The molecule has 0 radical (unpaired) electrons. The van der Waals surface area contributed by atoms with Gasteiger partial charge in [0.1, 0.15) is 18.5 Å². The van der Waals surface area contributed by atoms with E-state index in [1.54, 1.807) is 0 Å². The van der Waals surface area contributed by atoms with E-state index >= 15 is 0 Å². The van der Waals surface area contributed by atoms with E-state index in [4.69, 9.17) is 14.2 Å². The van der Waals surface area contributed by atoms with Crippen molar-refractivity contribution >= 4 is 21.6 Å². The topological polar surface area (TPSA) is 51.2 Å². The molecule has 6 rings (SSSR count). The van der Waals surface area contributed by atoms with Crippen LogP contribution in [0.1, 0.15) is 55.0 Å². The van der Waals surface area contributed by atoms with Crippen LogP contribution in [0.2, 0.25) is 0 Å². The van der Waals surface area contributed by atoms with Gasteiger partial charge < -0.3 is 24.2 Å². The molecule has 0 bridgehead atoms. The summed E-state index contributed by atoms with van der Waals surface area (Å²) in [7, 11) is 0. The minimum atomic E-state index is -1.58. The maximum atomic E-state index is 12.4. The molecule has 4 aromatic carbocycles. The summed E-state index contributed by atoms with van der Waals surface area (Å²) in [5.74, 6) is -0.327. The molecular formula is C38H42BrNO4. The Balaban J connectivity index is 1.29. The molecule has 1 fully saturated rings. The third kappa shape index (κ3) is 6.45. The van der Waals surface area contributed by atoms with Crippen molar-refractivity contribution in [2.24, 2.45) is 11.8 Å². The number of fused-ring (bicyclic) bond motifs is 1. The molecule has 0 aliphatic carbocycles. The minimum Gasteiger partial charge on any atom is -0.490 e. The lowest BCUT2D eigenvalue weighted by molar-refractivity contribution is -0.346. The molecule has 2 heterocycles. The Hall–Kier alpha value is -3.16. The third-order valence-corrected chi connectivity index (χ3v) is 10.1. The first-order chi connectivity index (χ1) is 21.4. The van der Waals surface area contributed by atoms with Crippen LogP contribution < -0.4 is 9.64 Å². The molecule has 4 aromatic rings. The summed E-state index contributed by atoms with van der Waals surface area (Å²) in [4.78, 5) is 2.39. The van der Waals surface area contributed by atoms with Crippen molar-refractivity contribution in [1.82, 2.24) is 0 Å². The van der Waals surface area contributed by atoms with Gasteiger partial charge in [0.15, 0.2) is 0 Å². The second-order valence-electron chi connectivity index (χ2n) is 12.2. The van der Waals surface area contributed by atoms with Crippen LogP contribution >= 0.6 is 15.9 Å². The van der Waals surface area contributed by atoms with Crippen molar-refractivity contribution in [3.8, 4) is 5.75 Å². The zero-order chi connectivity index (χ0) is 30.7. The maximum absolute atomic E-state index is 12.4. The largest absolute Gasteiger partial charge is 0.490 e. The Kier molecular flexibility index (Phi) is 9.43. The van der Waals surface area contributed by atoms with Crippen LogP contribution in [0.4, 0.5) is 5.69 Å². The molecule has 5 nitrogen and oxygen atoms in total. The zero-order valence-electron chi connectivity index (χ0n) is 25.8. The first kappa shape index (κ1) is 30.8. The Bertz CT molecular complexity index is 1550. The SMILES string of the molecule is CC[C@H]1OC(O)(c2ccc(Br)c(Cc3ccc4c(c3)N(Cc3ccccc3)CCO4)c2)[C@H](OCc2ccccc2)[C@@H](C)[C@@H]1C. The molecule has 230 valence electrons. The lowest BCUT2D eigenvalue weighted by atomic mass is 9.77. The predicted octanol–water partition coefficient (Wildman–Crippen LogP) is 8.25. The van der Waals surface area contributed by atoms with E-state index < -0.39 is 11.9 Å². The number of rotatable bonds is 9. The summed E-state index contributed by atoms with van der Waals surface area (Å²) >= 11 is 3.80. The Morgan fingerprint density at radius 2 is 1.61 bits per heavy atom. The number of halogens is 1. The van der Waals surface area contributed by atoms with Crippen molar-refractivity contribution in [3.63, 3.8) is 0 Å². The van der Waals surface area contributed by atoms with Gasteiger partial charge in [-0.05, 0) is 71.2 Å². The van der Waals surface area contributed by atoms with Crippen molar-refractivity contribution in [2.75, 3.05) is 18.1 Å². The Morgan fingerprint density at radius 1 is 0.886 bits per heavy atom. The van der Waals surface area contributed by atoms with Crippen molar-refractivity contribution in [2.45, 2.75) is 64.8 Å². The Labute approximate surface area is 269 Å². The molecule has 0 saturated carbocycles. The van der Waals surface area contributed by atoms with Gasteiger partial charge in [-0.1, -0.05) is 109 Å². The van der Waals surface area contributed by atoms with Gasteiger partial charge in [-0.25, -0.2) is 0 Å². The van der Waals surface area contributed by atoms with Crippen LogP contribution in [0.3, 0.4) is 0 Å². The fourth-order valence-corrected chi connectivity index (χ4v) is 7.02. The van der Waals surface area contributed by atoms with Gasteiger partial charge >= 0.3 is 0 Å². The summed E-state index contributed by atoms with van der Waals surface area (Å²) in [6, 6.07) is 33.2. The normalized spacial score (nSPS) is 24.9. The molecule has 1 N–H and O–H groups in total. The zero-order valence-corrected chi connectivity index (χ0v) is 27.4. The molecule has 0 aromatic heterocycles. The van der Waals surface area contributed by atoms with Gasteiger partial charge in [0, 0.05) is 16.6 Å². The summed E-state index contributed by atoms with van der Waals surface area (Å²) < 4.78 is 20.1. The van der Waals surface area contributed by atoms with Crippen molar-refractivity contribution < 1.29 is 19.3 Å². The fourth-order valence-electron chi connectivity index (χ4n) is 6.64. The van der Waals surface area contributed by atoms with Gasteiger partial charge in [0.05, 0.1) is 24.9 Å². The summed E-state index contributed by atoms with van der Waals surface area (Å²) in [5, 5.41) is 12.4. The van der Waals surface area contributed by atoms with Crippen LogP contribution in [0.15, 0.2) is 102 Å². The van der Waals surface area contributed by atoms with Gasteiger partial charge in [-0.3, -0.25) is 0 Å². The molecule has 0 amide bonds. The molecule has 44 heavy (non-hydrogen) atoms. The summed E-state index contributed by atoms with van der Waals surface area (Å²) in [6.45, 7) is 9.25. The highest BCUT2D eigenvalue weighted by Gasteiger charge is 2.52. The highest BCUT2D eigenvalue weighted by Crippen LogP contribution is 2.45. The van der Waals surface area contributed by atoms with E-state index in [-0.39, 0.29) is 17.9 Å². The fraction of sp³-hybridized carbons (Fsp3) is 0.368. The first-order valence-corrected chi connectivity index (χ1v) is 16.5. The van der Waals surface area contributed by atoms with E-state index in [1.807, 2.05) is 42.5 Å². The minimum absolute atomic E-state index is 0.0742. The van der Waals surface area contributed by atoms with E-state index in [9.17, 15) is 5.11 Å². The Morgan fingerprint density at radius 3 is 2.34 bits per heavy atom. The second-order valence-corrected chi connectivity index (χ2v) is 13.1. The third-order valence-electron chi connectivity index (χ3n) is 9.34. The standard InChI is InChI=1S/C38H42BrNO4/c1-4-35-26(2)27(3)37(43-25-29-13-9-6-10-14-29)38(41,44-35)32-16-17-33(39)31(23-32)21-30-15-18-36-34(22-30)40(19-20-42-36)24-28-11-7-5-8-12-28/h5-18,22-23,26-27,35,37,41H,4,19-21,24-25H2,1-3H3/t26-,27-,35+,37+,38?/m0/s1. The number of anilines is 1. The van der Waals surface area contributed by atoms with Crippen molar-refractivity contribution in [3.05, 3.63) is 129 Å². The highest BCUT2D eigenvalue weighted by atomic mass is 79.9. The van der Waals surface area contributed by atoms with E-state index in [1.165, 1.54) is 11.1 Å². The number of hydrogen-bond donors (Lipinski definition) is 1. The molecule has 5 atom stereocenters. The van der Waals surface area contributed by atoms with Gasteiger partial charge in [0.2, 0.25) is 5.79 Å². The van der Waals surface area contributed by atoms with E-state index in [0.29, 0.717) is 19.6 Å². The lowest BCUT2D eigenvalue weighted by Gasteiger charge is -2.49. The molecular weight excluding hydrogens is 614 g/mol. The monoisotopic (exact) mass is 655 g/mol. The lowest BCUT2D eigenvalue weighted by Crippen LogP contribution is -2.57. The van der Waals surface area contributed by atoms with E-state index in [0.717, 1.165) is 52.1 Å². The van der Waals surface area contributed by atoms with Crippen LogP contribution in [0.25, 0.3) is 0 Å².